The molecule has 4 heteroatoms. The summed E-state index contributed by atoms with van der Waals surface area (Å²) in [4.78, 5) is 0. The van der Waals surface area contributed by atoms with Gasteiger partial charge in [-0.2, -0.15) is 13.5 Å². The number of hydrogen-bond donors (Lipinski definition) is 0. The lowest BCUT2D eigenvalue weighted by Gasteiger charge is -2.17. The van der Waals surface area contributed by atoms with E-state index in [4.69, 9.17) is 4.18 Å². The summed E-state index contributed by atoms with van der Waals surface area (Å²) in [6, 6.07) is 0. The fourth-order valence-corrected chi connectivity index (χ4v) is 1.36. The van der Waals surface area contributed by atoms with Gasteiger partial charge in [-0.05, 0) is 12.5 Å². The maximum absolute atomic E-state index is 4.95. The summed E-state index contributed by atoms with van der Waals surface area (Å²) in [5, 5.41) is 0. The fourth-order valence-electron chi connectivity index (χ4n) is 0.850. The summed E-state index contributed by atoms with van der Waals surface area (Å²) in [7, 11) is 3.64. The Morgan fingerprint density at radius 2 is 2.14 bits per heavy atom. The summed E-state index contributed by atoms with van der Waals surface area (Å²) in [5.41, 5.74) is 1.21. The van der Waals surface area contributed by atoms with Crippen molar-refractivity contribution in [3.05, 3.63) is 36.6 Å². The zero-order chi connectivity index (χ0) is 10.1. The van der Waals surface area contributed by atoms with Crippen molar-refractivity contribution >= 4 is 25.7 Å². The maximum atomic E-state index is 4.95. The van der Waals surface area contributed by atoms with Gasteiger partial charge in [0, 0.05) is 12.7 Å². The Labute approximate surface area is 98.5 Å². The molecule has 0 aromatic carbocycles. The SMILES string of the molecule is C=C/C=C\C=C(/CC)N(C)SOC.S. The van der Waals surface area contributed by atoms with Crippen LogP contribution in [0, 0.1) is 0 Å². The first-order chi connectivity index (χ1) is 6.26. The molecule has 82 valence electrons. The van der Waals surface area contributed by atoms with Crippen molar-refractivity contribution in [2.75, 3.05) is 14.2 Å². The lowest BCUT2D eigenvalue weighted by Crippen LogP contribution is -2.07. The molecule has 0 amide bonds. The van der Waals surface area contributed by atoms with Crippen LogP contribution in [0.15, 0.2) is 36.6 Å². The largest absolute Gasteiger partial charge is 0.300 e. The Morgan fingerprint density at radius 1 is 1.50 bits per heavy atom. The van der Waals surface area contributed by atoms with Crippen molar-refractivity contribution < 1.29 is 4.18 Å². The van der Waals surface area contributed by atoms with Gasteiger partial charge < -0.3 is 8.49 Å². The number of hydrogen-bond acceptors (Lipinski definition) is 3. The Bertz CT molecular complexity index is 202. The van der Waals surface area contributed by atoms with Crippen molar-refractivity contribution in [1.29, 1.82) is 0 Å². The van der Waals surface area contributed by atoms with Crippen LogP contribution in [0.5, 0.6) is 0 Å². The Balaban J connectivity index is 0. The molecule has 0 saturated carbocycles. The third kappa shape index (κ3) is 7.12. The van der Waals surface area contributed by atoms with E-state index in [2.05, 4.69) is 13.5 Å². The van der Waals surface area contributed by atoms with E-state index in [1.165, 1.54) is 17.9 Å². The molecule has 0 heterocycles. The predicted octanol–water partition coefficient (Wildman–Crippen LogP) is 3.28. The standard InChI is InChI=1S/C10H17NOS.H2S/c1-5-7-8-9-10(6-2)11(3)13-12-4;/h5,7-9H,1,6H2,2-4H3;1H2/b8-7-,10-9+;. The van der Waals surface area contributed by atoms with E-state index in [1.54, 1.807) is 13.2 Å². The molecule has 0 saturated heterocycles. The van der Waals surface area contributed by atoms with E-state index >= 15 is 0 Å². The highest BCUT2D eigenvalue weighted by Crippen LogP contribution is 2.17. The van der Waals surface area contributed by atoms with Crippen LogP contribution in [0.2, 0.25) is 0 Å². The zero-order valence-electron chi connectivity index (χ0n) is 8.99. The Hall–Kier alpha value is -0.320. The first-order valence-electron chi connectivity index (χ1n) is 4.19. The zero-order valence-corrected chi connectivity index (χ0v) is 10.8. The Morgan fingerprint density at radius 3 is 2.57 bits per heavy atom. The van der Waals surface area contributed by atoms with Gasteiger partial charge in [-0.15, -0.1) is 0 Å². The van der Waals surface area contributed by atoms with Crippen LogP contribution in [0.25, 0.3) is 0 Å². The second-order valence-electron chi connectivity index (χ2n) is 2.37. The fraction of sp³-hybridized carbons (Fsp3) is 0.400. The average Bonchev–Trinajstić information content (AvgIpc) is 2.13. The van der Waals surface area contributed by atoms with Gasteiger partial charge in [0.2, 0.25) is 0 Å². The van der Waals surface area contributed by atoms with E-state index < -0.39 is 0 Å². The molecular formula is C10H19NOS2. The molecule has 0 unspecified atom stereocenters. The van der Waals surface area contributed by atoms with Gasteiger partial charge in [-0.3, -0.25) is 0 Å². The minimum absolute atomic E-state index is 0. The van der Waals surface area contributed by atoms with E-state index in [0.717, 1.165) is 6.42 Å². The summed E-state index contributed by atoms with van der Waals surface area (Å²) < 4.78 is 6.94. The second kappa shape index (κ2) is 10.8. The molecule has 0 radical (unpaired) electrons. The molecule has 0 aliphatic rings. The summed E-state index contributed by atoms with van der Waals surface area (Å²) in [6.07, 6.45) is 8.66. The van der Waals surface area contributed by atoms with Gasteiger partial charge in [0.25, 0.3) is 0 Å². The van der Waals surface area contributed by atoms with Crippen LogP contribution < -0.4 is 0 Å². The topological polar surface area (TPSA) is 12.5 Å². The first kappa shape index (κ1) is 16.1. The molecule has 0 aromatic rings. The summed E-state index contributed by atoms with van der Waals surface area (Å²) >= 11 is 1.33. The van der Waals surface area contributed by atoms with Crippen molar-refractivity contribution in [3.8, 4) is 0 Å². The molecule has 0 bridgehead atoms. The lowest BCUT2D eigenvalue weighted by molar-refractivity contribution is 0.456. The van der Waals surface area contributed by atoms with Crippen LogP contribution in [0.3, 0.4) is 0 Å². The van der Waals surface area contributed by atoms with Gasteiger partial charge in [0.1, 0.15) is 12.2 Å². The van der Waals surface area contributed by atoms with Gasteiger partial charge in [0.05, 0.1) is 7.11 Å². The highest BCUT2D eigenvalue weighted by Gasteiger charge is 2.00. The molecule has 0 atom stereocenters. The van der Waals surface area contributed by atoms with Crippen LogP contribution in [-0.2, 0) is 4.18 Å². The minimum Gasteiger partial charge on any atom is -0.300 e. The van der Waals surface area contributed by atoms with Gasteiger partial charge in [0.15, 0.2) is 0 Å². The summed E-state index contributed by atoms with van der Waals surface area (Å²) in [5.74, 6) is 0. The van der Waals surface area contributed by atoms with Crippen LogP contribution in [0.4, 0.5) is 0 Å². The van der Waals surface area contributed by atoms with Crippen molar-refractivity contribution in [1.82, 2.24) is 4.31 Å². The molecule has 0 rings (SSSR count). The first-order valence-corrected chi connectivity index (χ1v) is 4.88. The van der Waals surface area contributed by atoms with E-state index in [9.17, 15) is 0 Å². The highest BCUT2D eigenvalue weighted by molar-refractivity contribution is 7.92. The monoisotopic (exact) mass is 233 g/mol. The Kier molecular flexibility index (Phi) is 12.4. The molecule has 0 aliphatic carbocycles. The van der Waals surface area contributed by atoms with Crippen molar-refractivity contribution in [2.45, 2.75) is 13.3 Å². The maximum Gasteiger partial charge on any atom is 0.113 e. The molecule has 0 N–H and O–H groups in total. The third-order valence-corrected chi connectivity index (χ3v) is 2.10. The number of nitrogens with zero attached hydrogens (tertiary/aromatic N) is 1. The van der Waals surface area contributed by atoms with Crippen LogP contribution in [0.1, 0.15) is 13.3 Å². The van der Waals surface area contributed by atoms with Crippen molar-refractivity contribution in [3.63, 3.8) is 0 Å². The van der Waals surface area contributed by atoms with Crippen LogP contribution >= 0.6 is 25.7 Å². The smallest absolute Gasteiger partial charge is 0.113 e. The van der Waals surface area contributed by atoms with Gasteiger partial charge in [-0.1, -0.05) is 31.7 Å². The molecule has 0 fully saturated rings. The minimum atomic E-state index is 0. The highest BCUT2D eigenvalue weighted by atomic mass is 32.2. The average molecular weight is 233 g/mol. The molecule has 0 aromatic heterocycles. The third-order valence-electron chi connectivity index (χ3n) is 1.49. The molecular weight excluding hydrogens is 214 g/mol. The predicted molar refractivity (Wildman–Crippen MR) is 70.5 cm³/mol. The van der Waals surface area contributed by atoms with Crippen LogP contribution in [-0.4, -0.2) is 18.5 Å². The molecule has 2 nitrogen and oxygen atoms in total. The lowest BCUT2D eigenvalue weighted by atomic mass is 10.3. The summed E-state index contributed by atoms with van der Waals surface area (Å²) in [6.45, 7) is 5.72. The number of rotatable bonds is 6. The van der Waals surface area contributed by atoms with Gasteiger partial charge in [-0.25, -0.2) is 0 Å². The van der Waals surface area contributed by atoms with E-state index in [1.807, 2.05) is 29.6 Å². The molecule has 0 aliphatic heterocycles. The quantitative estimate of drug-likeness (QED) is 0.397. The second-order valence-corrected chi connectivity index (χ2v) is 3.40. The van der Waals surface area contributed by atoms with Crippen molar-refractivity contribution in [2.24, 2.45) is 0 Å². The number of allylic oxidation sites excluding steroid dienone is 5. The van der Waals surface area contributed by atoms with Gasteiger partial charge >= 0.3 is 0 Å². The van der Waals surface area contributed by atoms with E-state index in [-0.39, 0.29) is 13.5 Å². The molecule has 0 spiro atoms. The normalized spacial score (nSPS) is 11.2. The molecule has 14 heavy (non-hydrogen) atoms. The van der Waals surface area contributed by atoms with E-state index in [0.29, 0.717) is 0 Å².